The van der Waals surface area contributed by atoms with Crippen molar-refractivity contribution in [2.75, 3.05) is 12.4 Å². The van der Waals surface area contributed by atoms with E-state index in [1.807, 2.05) is 46.6 Å². The molecule has 4 rings (SSSR count). The summed E-state index contributed by atoms with van der Waals surface area (Å²) in [7, 11) is 1.66. The van der Waals surface area contributed by atoms with Crippen molar-refractivity contribution in [2.24, 2.45) is 0 Å². The van der Waals surface area contributed by atoms with Crippen molar-refractivity contribution in [3.05, 3.63) is 64.0 Å². The Bertz CT molecular complexity index is 870. The fraction of sp³-hybridized carbons (Fsp3) is 0.222. The third-order valence-corrected chi connectivity index (χ3v) is 5.15. The van der Waals surface area contributed by atoms with E-state index in [0.29, 0.717) is 13.0 Å². The molecule has 0 saturated heterocycles. The Hall–Kier alpha value is -2.60. The second kappa shape index (κ2) is 6.13. The molecule has 0 unspecified atom stereocenters. The number of aromatic nitrogens is 2. The number of anilines is 1. The Morgan fingerprint density at radius 3 is 2.96 bits per heavy atom. The SMILES string of the molecule is COc1ccccc1[C@H]1CC(=O)Nc2c1cnn2Cc1cccs1. The number of thiophene rings is 1. The summed E-state index contributed by atoms with van der Waals surface area (Å²) in [6.07, 6.45) is 2.26. The van der Waals surface area contributed by atoms with Crippen molar-refractivity contribution in [1.29, 1.82) is 0 Å². The minimum Gasteiger partial charge on any atom is -0.496 e. The highest BCUT2D eigenvalue weighted by molar-refractivity contribution is 7.09. The maximum atomic E-state index is 12.3. The van der Waals surface area contributed by atoms with Crippen LogP contribution in [-0.4, -0.2) is 22.8 Å². The molecule has 1 aliphatic rings. The molecule has 1 atom stereocenters. The Kier molecular flexibility index (Phi) is 3.82. The fourth-order valence-electron chi connectivity index (χ4n) is 3.17. The van der Waals surface area contributed by atoms with Crippen LogP contribution in [0.15, 0.2) is 48.0 Å². The molecule has 0 saturated carbocycles. The van der Waals surface area contributed by atoms with Crippen LogP contribution in [0.25, 0.3) is 0 Å². The summed E-state index contributed by atoms with van der Waals surface area (Å²) in [5.74, 6) is 1.55. The maximum absolute atomic E-state index is 12.3. The summed E-state index contributed by atoms with van der Waals surface area (Å²) < 4.78 is 7.35. The largest absolute Gasteiger partial charge is 0.496 e. The van der Waals surface area contributed by atoms with Gasteiger partial charge >= 0.3 is 0 Å². The molecule has 1 N–H and O–H groups in total. The molecule has 3 aromatic rings. The maximum Gasteiger partial charge on any atom is 0.226 e. The minimum atomic E-state index is -0.0398. The Morgan fingerprint density at radius 2 is 2.17 bits per heavy atom. The Morgan fingerprint density at radius 1 is 1.29 bits per heavy atom. The van der Waals surface area contributed by atoms with Crippen molar-refractivity contribution in [1.82, 2.24) is 9.78 Å². The lowest BCUT2D eigenvalue weighted by molar-refractivity contribution is -0.116. The molecule has 122 valence electrons. The van der Waals surface area contributed by atoms with E-state index < -0.39 is 0 Å². The number of benzene rings is 1. The number of ether oxygens (including phenoxy) is 1. The van der Waals surface area contributed by atoms with E-state index in [-0.39, 0.29) is 11.8 Å². The molecule has 0 bridgehead atoms. The zero-order valence-electron chi connectivity index (χ0n) is 13.2. The lowest BCUT2D eigenvalue weighted by Crippen LogP contribution is -2.25. The van der Waals surface area contributed by atoms with Gasteiger partial charge in [0.05, 0.1) is 19.9 Å². The highest BCUT2D eigenvalue weighted by Gasteiger charge is 2.31. The van der Waals surface area contributed by atoms with Gasteiger partial charge in [-0.3, -0.25) is 4.79 Å². The Balaban J connectivity index is 1.75. The van der Waals surface area contributed by atoms with E-state index in [9.17, 15) is 4.79 Å². The topological polar surface area (TPSA) is 56.1 Å². The van der Waals surface area contributed by atoms with Gasteiger partial charge in [0.15, 0.2) is 0 Å². The van der Waals surface area contributed by atoms with Gasteiger partial charge < -0.3 is 10.1 Å². The fourth-order valence-corrected chi connectivity index (χ4v) is 3.86. The minimum absolute atomic E-state index is 0.00587. The van der Waals surface area contributed by atoms with Gasteiger partial charge in [-0.05, 0) is 17.5 Å². The van der Waals surface area contributed by atoms with Crippen LogP contribution in [0.3, 0.4) is 0 Å². The molecular formula is C18H17N3O2S. The number of fused-ring (bicyclic) bond motifs is 1. The average Bonchev–Trinajstić information content (AvgIpc) is 3.25. The first-order valence-corrected chi connectivity index (χ1v) is 8.65. The van der Waals surface area contributed by atoms with Gasteiger partial charge in [-0.2, -0.15) is 5.10 Å². The second-order valence-corrected chi connectivity index (χ2v) is 6.76. The molecule has 1 amide bonds. The first-order valence-electron chi connectivity index (χ1n) is 7.77. The van der Waals surface area contributed by atoms with Crippen LogP contribution in [0.4, 0.5) is 5.82 Å². The number of hydrogen-bond acceptors (Lipinski definition) is 4. The number of carbonyl (C=O) groups is 1. The first-order chi connectivity index (χ1) is 11.8. The zero-order valence-corrected chi connectivity index (χ0v) is 14.0. The molecule has 0 fully saturated rings. The summed E-state index contributed by atoms with van der Waals surface area (Å²) >= 11 is 1.68. The number of methoxy groups -OCH3 is 1. The van der Waals surface area contributed by atoms with Crippen LogP contribution >= 0.6 is 11.3 Å². The molecule has 0 radical (unpaired) electrons. The number of amides is 1. The lowest BCUT2D eigenvalue weighted by atomic mass is 9.87. The van der Waals surface area contributed by atoms with E-state index in [0.717, 1.165) is 22.7 Å². The molecule has 5 nitrogen and oxygen atoms in total. The van der Waals surface area contributed by atoms with Crippen LogP contribution in [0.1, 0.15) is 28.3 Å². The van der Waals surface area contributed by atoms with Crippen molar-refractivity contribution in [2.45, 2.75) is 18.9 Å². The van der Waals surface area contributed by atoms with E-state index in [1.54, 1.807) is 18.4 Å². The predicted molar refractivity (Wildman–Crippen MR) is 93.7 cm³/mol. The summed E-state index contributed by atoms with van der Waals surface area (Å²) in [5, 5.41) is 9.53. The molecule has 2 aromatic heterocycles. The smallest absolute Gasteiger partial charge is 0.226 e. The highest BCUT2D eigenvalue weighted by Crippen LogP contribution is 2.40. The van der Waals surface area contributed by atoms with Crippen LogP contribution in [0.5, 0.6) is 5.75 Å². The van der Waals surface area contributed by atoms with Crippen LogP contribution in [0.2, 0.25) is 0 Å². The van der Waals surface area contributed by atoms with Gasteiger partial charge in [0.25, 0.3) is 0 Å². The summed E-state index contributed by atoms with van der Waals surface area (Å²) in [4.78, 5) is 13.5. The van der Waals surface area contributed by atoms with Gasteiger partial charge in [-0.15, -0.1) is 11.3 Å². The Labute approximate surface area is 143 Å². The van der Waals surface area contributed by atoms with Crippen molar-refractivity contribution in [3.63, 3.8) is 0 Å². The van der Waals surface area contributed by atoms with Crippen LogP contribution < -0.4 is 10.1 Å². The van der Waals surface area contributed by atoms with Crippen LogP contribution in [0, 0.1) is 0 Å². The molecule has 0 aliphatic carbocycles. The molecular weight excluding hydrogens is 322 g/mol. The predicted octanol–water partition coefficient (Wildman–Crippen LogP) is 3.48. The zero-order chi connectivity index (χ0) is 16.5. The molecule has 6 heteroatoms. The van der Waals surface area contributed by atoms with Gasteiger partial charge in [0.2, 0.25) is 5.91 Å². The van der Waals surface area contributed by atoms with E-state index in [1.165, 1.54) is 4.88 Å². The second-order valence-electron chi connectivity index (χ2n) is 5.73. The summed E-state index contributed by atoms with van der Waals surface area (Å²) in [6.45, 7) is 0.659. The van der Waals surface area contributed by atoms with Crippen molar-refractivity contribution in [3.8, 4) is 5.75 Å². The third kappa shape index (κ3) is 2.59. The average molecular weight is 339 g/mol. The summed E-state index contributed by atoms with van der Waals surface area (Å²) in [6, 6.07) is 11.9. The third-order valence-electron chi connectivity index (χ3n) is 4.29. The lowest BCUT2D eigenvalue weighted by Gasteiger charge is -2.25. The number of hydrogen-bond donors (Lipinski definition) is 1. The number of para-hydroxylation sites is 1. The normalized spacial score (nSPS) is 16.5. The van der Waals surface area contributed by atoms with Crippen LogP contribution in [-0.2, 0) is 11.3 Å². The number of nitrogens with one attached hydrogen (secondary N) is 1. The van der Waals surface area contributed by atoms with Gasteiger partial charge in [-0.1, -0.05) is 24.3 Å². The molecule has 3 heterocycles. The van der Waals surface area contributed by atoms with Gasteiger partial charge in [-0.25, -0.2) is 4.68 Å². The standard InChI is InChI=1S/C18H17N3O2S/c1-23-16-7-3-2-6-13(16)14-9-17(22)20-18-15(14)10-19-21(18)11-12-5-4-8-24-12/h2-8,10,14H,9,11H2,1H3,(H,20,22)/t14-/m1/s1. The molecule has 0 spiro atoms. The summed E-state index contributed by atoms with van der Waals surface area (Å²) in [5.41, 5.74) is 2.06. The number of rotatable bonds is 4. The molecule has 1 aliphatic heterocycles. The van der Waals surface area contributed by atoms with E-state index >= 15 is 0 Å². The van der Waals surface area contributed by atoms with Crippen molar-refractivity contribution >= 4 is 23.1 Å². The van der Waals surface area contributed by atoms with Gasteiger partial charge in [0.1, 0.15) is 11.6 Å². The highest BCUT2D eigenvalue weighted by atomic mass is 32.1. The molecule has 1 aromatic carbocycles. The number of carbonyl (C=O) groups excluding carboxylic acids is 1. The quantitative estimate of drug-likeness (QED) is 0.792. The number of nitrogens with zero attached hydrogens (tertiary/aromatic N) is 2. The monoisotopic (exact) mass is 339 g/mol. The first kappa shape index (κ1) is 15.0. The van der Waals surface area contributed by atoms with E-state index in [2.05, 4.69) is 16.5 Å². The molecule has 24 heavy (non-hydrogen) atoms. The van der Waals surface area contributed by atoms with E-state index in [4.69, 9.17) is 4.74 Å². The van der Waals surface area contributed by atoms with Gasteiger partial charge in [0, 0.05) is 28.3 Å². The van der Waals surface area contributed by atoms with Crippen molar-refractivity contribution < 1.29 is 9.53 Å².